The number of unbranched alkanes of at least 4 members (excludes halogenated alkanes) is 8. The summed E-state index contributed by atoms with van der Waals surface area (Å²) in [6.07, 6.45) is 10.7. The van der Waals surface area contributed by atoms with Gasteiger partial charge in [0.25, 0.3) is 6.47 Å². The van der Waals surface area contributed by atoms with E-state index in [0.29, 0.717) is 18.6 Å². The van der Waals surface area contributed by atoms with Gasteiger partial charge in [0, 0.05) is 18.4 Å². The van der Waals surface area contributed by atoms with Crippen LogP contribution in [-0.4, -0.2) is 78.1 Å². The van der Waals surface area contributed by atoms with E-state index in [2.05, 4.69) is 17.6 Å². The van der Waals surface area contributed by atoms with Gasteiger partial charge in [-0.3, -0.25) is 24.0 Å². The number of carbonyl (C=O) groups excluding carboxylic acids is 5. The van der Waals surface area contributed by atoms with Gasteiger partial charge in [-0.1, -0.05) is 58.3 Å². The first kappa shape index (κ1) is 34.9. The van der Waals surface area contributed by atoms with Gasteiger partial charge in [0.15, 0.2) is 5.78 Å². The van der Waals surface area contributed by atoms with E-state index < -0.39 is 48.4 Å². The second-order valence-corrected chi connectivity index (χ2v) is 10.2. The predicted octanol–water partition coefficient (Wildman–Crippen LogP) is 2.69. The minimum absolute atomic E-state index is 0.00899. The maximum Gasteiger partial charge on any atom is 0.309 e. The number of rotatable bonds is 24. The van der Waals surface area contributed by atoms with E-state index in [0.717, 1.165) is 19.3 Å². The lowest BCUT2D eigenvalue weighted by Crippen LogP contribution is -2.53. The number of hydrogen-bond donors (Lipinski definition) is 3. The largest absolute Gasteiger partial charge is 0.465 e. The highest BCUT2D eigenvalue weighted by Crippen LogP contribution is 2.14. The van der Waals surface area contributed by atoms with Crippen molar-refractivity contribution in [3.05, 3.63) is 0 Å². The van der Waals surface area contributed by atoms with E-state index in [9.17, 15) is 29.1 Å². The molecule has 0 radical (unpaired) electrons. The Morgan fingerprint density at radius 3 is 2.08 bits per heavy atom. The van der Waals surface area contributed by atoms with Crippen LogP contribution < -0.4 is 10.6 Å². The monoisotopic (exact) mass is 546 g/mol. The number of hydrogen-bond acceptors (Lipinski definition) is 9. The summed E-state index contributed by atoms with van der Waals surface area (Å²) in [5.41, 5.74) is 0. The van der Waals surface area contributed by atoms with Crippen molar-refractivity contribution in [2.45, 2.75) is 110 Å². The van der Waals surface area contributed by atoms with E-state index in [1.54, 1.807) is 0 Å². The van der Waals surface area contributed by atoms with Crippen molar-refractivity contribution in [3.8, 4) is 0 Å². The number of aliphatic hydroxyl groups is 1. The van der Waals surface area contributed by atoms with Gasteiger partial charge in [0.1, 0.15) is 24.8 Å². The first-order chi connectivity index (χ1) is 17.7. The lowest BCUT2D eigenvalue weighted by molar-refractivity contribution is -0.148. The highest BCUT2D eigenvalue weighted by molar-refractivity contribution is 7.99. The lowest BCUT2D eigenvalue weighted by atomic mass is 10.0. The molecular weight excluding hydrogens is 500 g/mol. The van der Waals surface area contributed by atoms with Crippen molar-refractivity contribution < 1.29 is 38.6 Å². The standard InChI is InChI=1S/C26H46N2O8S/c1-4-5-6-7-8-9-10-11-12-13-22(36-19-30)16-25(33)35-14-15-37-18-24(27-21(3)32)26(34)28-23(17-29)20(2)31/h19,22-24,29H,4-18H2,1-3H3,(H,27,32)(H,28,34)/t22-,23+,24+/m1/s1. The van der Waals surface area contributed by atoms with Crippen LogP contribution in [0.3, 0.4) is 0 Å². The van der Waals surface area contributed by atoms with Gasteiger partial charge in [-0.05, 0) is 19.8 Å². The molecule has 3 N–H and O–H groups in total. The number of Topliss-reactive ketones (excluding diaryl/α,β-unsaturated/α-hetero) is 1. The fourth-order valence-corrected chi connectivity index (χ4v) is 4.45. The molecule has 0 aromatic heterocycles. The van der Waals surface area contributed by atoms with Crippen LogP contribution in [0.2, 0.25) is 0 Å². The molecule has 0 aromatic carbocycles. The summed E-state index contributed by atoms with van der Waals surface area (Å²) in [4.78, 5) is 58.2. The van der Waals surface area contributed by atoms with Gasteiger partial charge in [0.2, 0.25) is 11.8 Å². The first-order valence-electron chi connectivity index (χ1n) is 13.3. The minimum Gasteiger partial charge on any atom is -0.465 e. The number of thioether (sulfide) groups is 1. The Labute approximate surface area is 225 Å². The third-order valence-electron chi connectivity index (χ3n) is 5.73. The summed E-state index contributed by atoms with van der Waals surface area (Å²) >= 11 is 1.29. The van der Waals surface area contributed by atoms with Crippen LogP contribution in [0.4, 0.5) is 0 Å². The Morgan fingerprint density at radius 1 is 0.919 bits per heavy atom. The second-order valence-electron chi connectivity index (χ2n) is 9.08. The van der Waals surface area contributed by atoms with E-state index in [1.165, 1.54) is 64.1 Å². The predicted molar refractivity (Wildman–Crippen MR) is 143 cm³/mol. The van der Waals surface area contributed by atoms with Crippen LogP contribution in [0, 0.1) is 0 Å². The average Bonchev–Trinajstić information content (AvgIpc) is 2.84. The molecule has 3 atom stereocenters. The SMILES string of the molecule is CCCCCCCCCCC[C@H](CC(=O)OCCSC[C@H](NC(C)=O)C(=O)N[C@@H](CO)C(C)=O)OC=O. The number of ether oxygens (including phenoxy) is 2. The average molecular weight is 547 g/mol. The van der Waals surface area contributed by atoms with Gasteiger partial charge < -0.3 is 25.2 Å². The highest BCUT2D eigenvalue weighted by Gasteiger charge is 2.24. The maximum absolute atomic E-state index is 12.4. The van der Waals surface area contributed by atoms with Gasteiger partial charge in [-0.2, -0.15) is 11.8 Å². The smallest absolute Gasteiger partial charge is 0.309 e. The molecule has 37 heavy (non-hydrogen) atoms. The first-order valence-corrected chi connectivity index (χ1v) is 14.4. The Morgan fingerprint density at radius 2 is 1.54 bits per heavy atom. The Hall–Kier alpha value is -2.14. The summed E-state index contributed by atoms with van der Waals surface area (Å²) in [5, 5.41) is 14.1. The van der Waals surface area contributed by atoms with Crippen LogP contribution in [0.15, 0.2) is 0 Å². The molecule has 0 aliphatic heterocycles. The zero-order chi connectivity index (χ0) is 27.9. The molecule has 2 amide bonds. The number of carbonyl (C=O) groups is 5. The molecule has 0 spiro atoms. The summed E-state index contributed by atoms with van der Waals surface area (Å²) in [6, 6.07) is -1.94. The molecule has 11 heteroatoms. The van der Waals surface area contributed by atoms with Gasteiger partial charge >= 0.3 is 5.97 Å². The number of esters is 1. The fraction of sp³-hybridized carbons (Fsp3) is 0.808. The van der Waals surface area contributed by atoms with Crippen LogP contribution in [0.5, 0.6) is 0 Å². The summed E-state index contributed by atoms with van der Waals surface area (Å²) in [7, 11) is 0. The van der Waals surface area contributed by atoms with Crippen molar-refractivity contribution in [3.63, 3.8) is 0 Å². The molecule has 0 unspecified atom stereocenters. The van der Waals surface area contributed by atoms with Crippen molar-refractivity contribution in [2.24, 2.45) is 0 Å². The molecule has 0 saturated carbocycles. The number of ketones is 1. The molecule has 0 heterocycles. The van der Waals surface area contributed by atoms with Crippen molar-refractivity contribution in [2.75, 3.05) is 24.7 Å². The second kappa shape index (κ2) is 23.0. The topological polar surface area (TPSA) is 148 Å². The van der Waals surface area contributed by atoms with E-state index in [4.69, 9.17) is 9.47 Å². The zero-order valence-corrected chi connectivity index (χ0v) is 23.4. The van der Waals surface area contributed by atoms with Crippen molar-refractivity contribution in [1.29, 1.82) is 0 Å². The molecule has 0 aliphatic carbocycles. The Bertz CT molecular complexity index is 677. The van der Waals surface area contributed by atoms with Crippen LogP contribution in [0.25, 0.3) is 0 Å². The normalized spacial score (nSPS) is 13.2. The van der Waals surface area contributed by atoms with Gasteiger partial charge in [-0.15, -0.1) is 0 Å². The van der Waals surface area contributed by atoms with E-state index in [1.807, 2.05) is 0 Å². The summed E-state index contributed by atoms with van der Waals surface area (Å²) in [5.74, 6) is -1.29. The minimum atomic E-state index is -1.04. The molecular formula is C26H46N2O8S. The third-order valence-corrected chi connectivity index (χ3v) is 6.76. The lowest BCUT2D eigenvalue weighted by Gasteiger charge is -2.20. The summed E-state index contributed by atoms with van der Waals surface area (Å²) < 4.78 is 10.3. The molecule has 0 rings (SSSR count). The number of aliphatic hydroxyl groups excluding tert-OH is 1. The molecule has 10 nitrogen and oxygen atoms in total. The fourth-order valence-electron chi connectivity index (χ4n) is 3.62. The Balaban J connectivity index is 4.24. The molecule has 0 fully saturated rings. The van der Waals surface area contributed by atoms with Crippen LogP contribution >= 0.6 is 11.8 Å². The molecule has 214 valence electrons. The third kappa shape index (κ3) is 19.6. The van der Waals surface area contributed by atoms with Crippen molar-refractivity contribution in [1.82, 2.24) is 10.6 Å². The van der Waals surface area contributed by atoms with E-state index in [-0.39, 0.29) is 18.8 Å². The quantitative estimate of drug-likeness (QED) is 0.0944. The molecule has 0 bridgehead atoms. The Kier molecular flexibility index (Phi) is 21.7. The summed E-state index contributed by atoms with van der Waals surface area (Å²) in [6.45, 7) is 4.64. The van der Waals surface area contributed by atoms with Gasteiger partial charge in [-0.25, -0.2) is 0 Å². The number of amides is 2. The van der Waals surface area contributed by atoms with Crippen LogP contribution in [-0.2, 0) is 33.4 Å². The van der Waals surface area contributed by atoms with Crippen LogP contribution in [0.1, 0.15) is 91.4 Å². The molecule has 0 saturated heterocycles. The van der Waals surface area contributed by atoms with Crippen molar-refractivity contribution >= 4 is 41.8 Å². The number of nitrogens with one attached hydrogen (secondary N) is 2. The molecule has 0 aromatic rings. The molecule has 0 aliphatic rings. The highest BCUT2D eigenvalue weighted by atomic mass is 32.2. The van der Waals surface area contributed by atoms with E-state index >= 15 is 0 Å². The zero-order valence-electron chi connectivity index (χ0n) is 22.6. The maximum atomic E-state index is 12.4. The van der Waals surface area contributed by atoms with Gasteiger partial charge in [0.05, 0.1) is 13.0 Å².